The molecule has 1 aliphatic rings. The van der Waals surface area contributed by atoms with E-state index in [-0.39, 0.29) is 17.9 Å². The molecule has 2 amide bonds. The zero-order valence-electron chi connectivity index (χ0n) is 13.1. The Morgan fingerprint density at radius 1 is 1.14 bits per heavy atom. The summed E-state index contributed by atoms with van der Waals surface area (Å²) >= 11 is 0. The van der Waals surface area contributed by atoms with Crippen molar-refractivity contribution in [2.45, 2.75) is 51.6 Å². The maximum absolute atomic E-state index is 11.9. The third-order valence-electron chi connectivity index (χ3n) is 3.67. The summed E-state index contributed by atoms with van der Waals surface area (Å²) in [4.78, 5) is 23.6. The van der Waals surface area contributed by atoms with Crippen molar-refractivity contribution in [2.24, 2.45) is 0 Å². The number of rotatable bonds is 7. The Bertz CT molecular complexity index is 493. The Morgan fingerprint density at radius 3 is 2.41 bits per heavy atom. The molecular formula is C17H24N2O3. The minimum atomic E-state index is -0.335. The fourth-order valence-electron chi connectivity index (χ4n) is 2.40. The number of hydrogen-bond donors (Lipinski definition) is 2. The van der Waals surface area contributed by atoms with Gasteiger partial charge in [0, 0.05) is 24.4 Å². The third-order valence-corrected chi connectivity index (χ3v) is 3.67. The largest absolute Gasteiger partial charge is 0.368 e. The van der Waals surface area contributed by atoms with Crippen LogP contribution in [0.15, 0.2) is 24.3 Å². The van der Waals surface area contributed by atoms with E-state index in [0.29, 0.717) is 18.7 Å². The van der Waals surface area contributed by atoms with E-state index in [2.05, 4.69) is 17.6 Å². The summed E-state index contributed by atoms with van der Waals surface area (Å²) in [6.45, 7) is 2.77. The maximum atomic E-state index is 11.9. The Morgan fingerprint density at radius 2 is 1.82 bits per heavy atom. The molecule has 0 aliphatic carbocycles. The van der Waals surface area contributed by atoms with Crippen molar-refractivity contribution in [3.05, 3.63) is 24.3 Å². The molecule has 2 rings (SSSR count). The molecule has 120 valence electrons. The van der Waals surface area contributed by atoms with Crippen molar-refractivity contribution < 1.29 is 14.3 Å². The van der Waals surface area contributed by atoms with Crippen molar-refractivity contribution in [1.29, 1.82) is 0 Å². The van der Waals surface area contributed by atoms with Gasteiger partial charge in [-0.1, -0.05) is 19.8 Å². The van der Waals surface area contributed by atoms with Gasteiger partial charge in [0.25, 0.3) is 5.91 Å². The molecule has 2 N–H and O–H groups in total. The number of carbonyl (C=O) groups excluding carboxylic acids is 2. The molecule has 0 radical (unpaired) electrons. The molecule has 5 heteroatoms. The number of unbranched alkanes of at least 4 members (excludes halogenated alkanes) is 2. The number of ether oxygens (including phenoxy) is 1. The smallest absolute Gasteiger partial charge is 0.253 e. The van der Waals surface area contributed by atoms with E-state index in [1.807, 2.05) is 0 Å². The maximum Gasteiger partial charge on any atom is 0.253 e. The third kappa shape index (κ3) is 5.15. The molecule has 1 atom stereocenters. The first-order valence-corrected chi connectivity index (χ1v) is 8.01. The highest BCUT2D eigenvalue weighted by molar-refractivity contribution is 5.95. The summed E-state index contributed by atoms with van der Waals surface area (Å²) in [5.74, 6) is -0.0709. The summed E-state index contributed by atoms with van der Waals surface area (Å²) in [5.41, 5.74) is 1.46. The summed E-state index contributed by atoms with van der Waals surface area (Å²) in [6.07, 6.45) is 5.01. The van der Waals surface area contributed by atoms with Gasteiger partial charge < -0.3 is 15.4 Å². The predicted octanol–water partition coefficient (Wildman–Crippen LogP) is 3.32. The number of benzene rings is 1. The first kappa shape index (κ1) is 16.5. The summed E-state index contributed by atoms with van der Waals surface area (Å²) in [6, 6.07) is 7.16. The zero-order valence-corrected chi connectivity index (χ0v) is 13.1. The van der Waals surface area contributed by atoms with Crippen LogP contribution in [0.3, 0.4) is 0 Å². The van der Waals surface area contributed by atoms with E-state index < -0.39 is 0 Å². The van der Waals surface area contributed by atoms with Crippen LogP contribution in [0.1, 0.15) is 45.4 Å². The second-order valence-electron chi connectivity index (χ2n) is 5.57. The van der Waals surface area contributed by atoms with Gasteiger partial charge in [-0.25, -0.2) is 0 Å². The normalized spacial score (nSPS) is 17.2. The van der Waals surface area contributed by atoms with Crippen molar-refractivity contribution in [3.8, 4) is 0 Å². The molecule has 0 aromatic heterocycles. The van der Waals surface area contributed by atoms with Crippen LogP contribution in [0, 0.1) is 0 Å². The van der Waals surface area contributed by atoms with Gasteiger partial charge >= 0.3 is 0 Å². The molecule has 0 bridgehead atoms. The van der Waals surface area contributed by atoms with Crippen LogP contribution in [0.5, 0.6) is 0 Å². The first-order chi connectivity index (χ1) is 10.7. The molecule has 1 unspecified atom stereocenters. The van der Waals surface area contributed by atoms with E-state index in [1.54, 1.807) is 24.3 Å². The molecule has 22 heavy (non-hydrogen) atoms. The number of nitrogens with one attached hydrogen (secondary N) is 2. The average Bonchev–Trinajstić information content (AvgIpc) is 3.04. The van der Waals surface area contributed by atoms with Crippen LogP contribution < -0.4 is 10.6 Å². The fourth-order valence-corrected chi connectivity index (χ4v) is 2.40. The van der Waals surface area contributed by atoms with Gasteiger partial charge in [0.15, 0.2) is 0 Å². The lowest BCUT2D eigenvalue weighted by atomic mass is 10.2. The Labute approximate surface area is 131 Å². The molecule has 0 saturated carbocycles. The fraction of sp³-hybridized carbons (Fsp3) is 0.529. The minimum absolute atomic E-state index is 0.0320. The standard InChI is InChI=1S/C17H24N2O3/c1-2-3-4-7-16(20)18-13-8-10-14(11-9-13)19-17(21)15-6-5-12-22-15/h8-11,15H,2-7,12H2,1H3,(H,18,20)(H,19,21). The van der Waals surface area contributed by atoms with Gasteiger partial charge in [-0.15, -0.1) is 0 Å². The lowest BCUT2D eigenvalue weighted by Gasteiger charge is -2.11. The summed E-state index contributed by atoms with van der Waals surface area (Å²) in [5, 5.41) is 5.69. The van der Waals surface area contributed by atoms with Gasteiger partial charge in [0.2, 0.25) is 5.91 Å². The Kier molecular flexibility index (Phi) is 6.40. The van der Waals surface area contributed by atoms with E-state index >= 15 is 0 Å². The second-order valence-corrected chi connectivity index (χ2v) is 5.57. The highest BCUT2D eigenvalue weighted by Crippen LogP contribution is 2.17. The number of carbonyl (C=O) groups is 2. The number of hydrogen-bond acceptors (Lipinski definition) is 3. The second kappa shape index (κ2) is 8.54. The van der Waals surface area contributed by atoms with Gasteiger partial charge in [-0.2, -0.15) is 0 Å². The van der Waals surface area contributed by atoms with Crippen LogP contribution in [0.4, 0.5) is 11.4 Å². The van der Waals surface area contributed by atoms with Crippen LogP contribution in [0.25, 0.3) is 0 Å². The van der Waals surface area contributed by atoms with E-state index in [4.69, 9.17) is 4.74 Å². The predicted molar refractivity (Wildman–Crippen MR) is 86.8 cm³/mol. The summed E-state index contributed by atoms with van der Waals surface area (Å²) in [7, 11) is 0. The monoisotopic (exact) mass is 304 g/mol. The SMILES string of the molecule is CCCCCC(=O)Nc1ccc(NC(=O)C2CCCO2)cc1. The Hall–Kier alpha value is -1.88. The van der Waals surface area contributed by atoms with Gasteiger partial charge in [0.05, 0.1) is 0 Å². The molecule has 1 heterocycles. The van der Waals surface area contributed by atoms with Crippen LogP contribution in [-0.4, -0.2) is 24.5 Å². The topological polar surface area (TPSA) is 67.4 Å². The highest BCUT2D eigenvalue weighted by Gasteiger charge is 2.23. The Balaban J connectivity index is 1.79. The molecule has 1 aliphatic heterocycles. The number of anilines is 2. The van der Waals surface area contributed by atoms with Crippen molar-refractivity contribution in [3.63, 3.8) is 0 Å². The van der Waals surface area contributed by atoms with Crippen molar-refractivity contribution in [2.75, 3.05) is 17.2 Å². The van der Waals surface area contributed by atoms with Crippen LogP contribution in [0.2, 0.25) is 0 Å². The van der Waals surface area contributed by atoms with Crippen LogP contribution in [-0.2, 0) is 14.3 Å². The number of amides is 2. The van der Waals surface area contributed by atoms with Crippen LogP contribution >= 0.6 is 0 Å². The van der Waals surface area contributed by atoms with Gasteiger partial charge in [-0.05, 0) is 43.5 Å². The minimum Gasteiger partial charge on any atom is -0.368 e. The molecule has 0 spiro atoms. The van der Waals surface area contributed by atoms with Crippen molar-refractivity contribution >= 4 is 23.2 Å². The molecule has 5 nitrogen and oxygen atoms in total. The quantitative estimate of drug-likeness (QED) is 0.759. The highest BCUT2D eigenvalue weighted by atomic mass is 16.5. The molecule has 1 fully saturated rings. The average molecular weight is 304 g/mol. The van der Waals surface area contributed by atoms with Gasteiger partial charge in [0.1, 0.15) is 6.10 Å². The lowest BCUT2D eigenvalue weighted by molar-refractivity contribution is -0.124. The molecular weight excluding hydrogens is 280 g/mol. The lowest BCUT2D eigenvalue weighted by Crippen LogP contribution is -2.26. The zero-order chi connectivity index (χ0) is 15.8. The van der Waals surface area contributed by atoms with E-state index in [1.165, 1.54) is 0 Å². The first-order valence-electron chi connectivity index (χ1n) is 8.01. The molecule has 1 saturated heterocycles. The van der Waals surface area contributed by atoms with Crippen molar-refractivity contribution in [1.82, 2.24) is 0 Å². The molecule has 1 aromatic carbocycles. The van der Waals surface area contributed by atoms with E-state index in [9.17, 15) is 9.59 Å². The summed E-state index contributed by atoms with van der Waals surface area (Å²) < 4.78 is 5.34. The molecule has 1 aromatic rings. The van der Waals surface area contributed by atoms with E-state index in [0.717, 1.165) is 37.8 Å². The van der Waals surface area contributed by atoms with Gasteiger partial charge in [-0.3, -0.25) is 9.59 Å².